The lowest BCUT2D eigenvalue weighted by Gasteiger charge is -2.25. The number of nitrogens with zero attached hydrogens (tertiary/aromatic N) is 1. The number of rotatable bonds is 7. The maximum atomic E-state index is 13.2. The van der Waals surface area contributed by atoms with Crippen LogP contribution in [0.1, 0.15) is 29.7 Å². The van der Waals surface area contributed by atoms with Crippen LogP contribution in [0, 0.1) is 0 Å². The van der Waals surface area contributed by atoms with Gasteiger partial charge in [0.15, 0.2) is 0 Å². The normalized spacial score (nSPS) is 17.3. The second-order valence-electron chi connectivity index (χ2n) is 7.61. The van der Waals surface area contributed by atoms with E-state index in [0.717, 1.165) is 16.9 Å². The highest BCUT2D eigenvalue weighted by Gasteiger charge is 2.46. The molecule has 1 aliphatic rings. The Morgan fingerprint density at radius 3 is 2.27 bits per heavy atom. The molecule has 1 aliphatic heterocycles. The van der Waals surface area contributed by atoms with Gasteiger partial charge in [0.2, 0.25) is 0 Å². The zero-order valence-electron chi connectivity index (χ0n) is 18.5. The van der Waals surface area contributed by atoms with Crippen LogP contribution in [0.2, 0.25) is 0 Å². The van der Waals surface area contributed by atoms with Gasteiger partial charge in [0.1, 0.15) is 17.3 Å². The molecular weight excluding hydrogens is 418 g/mol. The molecule has 0 aromatic heterocycles. The minimum Gasteiger partial charge on any atom is -0.507 e. The van der Waals surface area contributed by atoms with Crippen molar-refractivity contribution >= 4 is 17.4 Å². The van der Waals surface area contributed by atoms with Crippen molar-refractivity contribution in [2.24, 2.45) is 0 Å². The van der Waals surface area contributed by atoms with Crippen molar-refractivity contribution < 1.29 is 24.2 Å². The summed E-state index contributed by atoms with van der Waals surface area (Å²) in [6.45, 7) is 2.68. The lowest BCUT2D eigenvalue weighted by Crippen LogP contribution is -2.29. The summed E-state index contributed by atoms with van der Waals surface area (Å²) in [5, 5.41) is 11.2. The van der Waals surface area contributed by atoms with E-state index >= 15 is 0 Å². The average Bonchev–Trinajstić information content (AvgIpc) is 3.10. The zero-order chi connectivity index (χ0) is 23.4. The van der Waals surface area contributed by atoms with Crippen LogP contribution in [0.4, 0.5) is 0 Å². The van der Waals surface area contributed by atoms with E-state index < -0.39 is 17.7 Å². The number of ether oxygens (including phenoxy) is 2. The number of hydrogen-bond acceptors (Lipinski definition) is 5. The van der Waals surface area contributed by atoms with Crippen LogP contribution < -0.4 is 9.47 Å². The van der Waals surface area contributed by atoms with E-state index in [9.17, 15) is 14.7 Å². The first-order valence-electron chi connectivity index (χ1n) is 10.7. The number of carbonyl (C=O) groups is 2. The van der Waals surface area contributed by atoms with E-state index in [4.69, 9.17) is 9.47 Å². The molecule has 6 nitrogen and oxygen atoms in total. The molecule has 1 fully saturated rings. The van der Waals surface area contributed by atoms with E-state index in [1.54, 1.807) is 24.3 Å². The fraction of sp³-hybridized carbons (Fsp3) is 0.185. The molecular formula is C27H25NO5. The minimum absolute atomic E-state index is 0.0432. The number of para-hydroxylation sites is 1. The molecule has 1 amide bonds. The van der Waals surface area contributed by atoms with Gasteiger partial charge in [-0.3, -0.25) is 9.59 Å². The summed E-state index contributed by atoms with van der Waals surface area (Å²) in [6.07, 6.45) is 0. The standard InChI is InChI=1S/C27H25NO5/c1-3-33-20-15-13-18(14-16-20)17-28-24(19-9-5-4-6-10-19)23(26(30)27(28)31)25(29)21-11-7-8-12-22(21)32-2/h4-16,24,29H,3,17H2,1-2H3/b25-23-. The van der Waals surface area contributed by atoms with Crippen LogP contribution in [0.25, 0.3) is 5.76 Å². The van der Waals surface area contributed by atoms with Crippen LogP contribution >= 0.6 is 0 Å². The van der Waals surface area contributed by atoms with Crippen LogP contribution in [0.15, 0.2) is 84.4 Å². The monoisotopic (exact) mass is 443 g/mol. The first-order valence-corrected chi connectivity index (χ1v) is 10.7. The molecule has 1 unspecified atom stereocenters. The number of aliphatic hydroxyl groups is 1. The third-order valence-corrected chi connectivity index (χ3v) is 5.60. The first kappa shape index (κ1) is 22.1. The highest BCUT2D eigenvalue weighted by molar-refractivity contribution is 6.46. The molecule has 1 N–H and O–H groups in total. The Morgan fingerprint density at radius 2 is 1.61 bits per heavy atom. The Balaban J connectivity index is 1.80. The smallest absolute Gasteiger partial charge is 0.295 e. The van der Waals surface area contributed by atoms with Crippen molar-refractivity contribution in [3.63, 3.8) is 0 Å². The third-order valence-electron chi connectivity index (χ3n) is 5.60. The maximum Gasteiger partial charge on any atom is 0.295 e. The summed E-state index contributed by atoms with van der Waals surface area (Å²) in [5.74, 6) is -0.486. The lowest BCUT2D eigenvalue weighted by molar-refractivity contribution is -0.140. The number of ketones is 1. The van der Waals surface area contributed by atoms with Gasteiger partial charge in [-0.1, -0.05) is 54.6 Å². The molecule has 3 aromatic carbocycles. The van der Waals surface area contributed by atoms with Gasteiger partial charge in [-0.25, -0.2) is 0 Å². The maximum absolute atomic E-state index is 13.2. The Bertz CT molecular complexity index is 1180. The number of benzene rings is 3. The molecule has 1 saturated heterocycles. The SMILES string of the molecule is CCOc1ccc(CN2C(=O)C(=O)/C(=C(\O)c3ccccc3OC)C2c2ccccc2)cc1. The molecule has 0 radical (unpaired) electrons. The molecule has 6 heteroatoms. The van der Waals surface area contributed by atoms with Crippen LogP contribution in [0.5, 0.6) is 11.5 Å². The van der Waals surface area contributed by atoms with Crippen molar-refractivity contribution in [2.75, 3.05) is 13.7 Å². The van der Waals surface area contributed by atoms with Gasteiger partial charge >= 0.3 is 0 Å². The Kier molecular flexibility index (Phi) is 6.45. The summed E-state index contributed by atoms with van der Waals surface area (Å²) in [6, 6.07) is 22.8. The second-order valence-corrected chi connectivity index (χ2v) is 7.61. The lowest BCUT2D eigenvalue weighted by atomic mass is 9.95. The number of amides is 1. The van der Waals surface area contributed by atoms with Gasteiger partial charge < -0.3 is 19.5 Å². The summed E-state index contributed by atoms with van der Waals surface area (Å²) in [7, 11) is 1.49. The number of likely N-dealkylation sites (tertiary alicyclic amines) is 1. The van der Waals surface area contributed by atoms with Crippen LogP contribution in [-0.2, 0) is 16.1 Å². The third kappa shape index (κ3) is 4.32. The second kappa shape index (κ2) is 9.61. The summed E-state index contributed by atoms with van der Waals surface area (Å²) >= 11 is 0. The van der Waals surface area contributed by atoms with Gasteiger partial charge in [0.05, 0.1) is 30.9 Å². The number of aliphatic hydroxyl groups excluding tert-OH is 1. The Labute approximate surface area is 192 Å². The molecule has 168 valence electrons. The number of hydrogen-bond donors (Lipinski definition) is 1. The summed E-state index contributed by atoms with van der Waals surface area (Å²) in [4.78, 5) is 27.8. The average molecular weight is 443 g/mol. The minimum atomic E-state index is -0.734. The molecule has 0 aliphatic carbocycles. The van der Waals surface area contributed by atoms with Crippen LogP contribution in [-0.4, -0.2) is 35.4 Å². The molecule has 3 aromatic rings. The Hall–Kier alpha value is -4.06. The van der Waals surface area contributed by atoms with Gasteiger partial charge in [-0.05, 0) is 42.3 Å². The first-order chi connectivity index (χ1) is 16.0. The van der Waals surface area contributed by atoms with Crippen LogP contribution in [0.3, 0.4) is 0 Å². The van der Waals surface area contributed by atoms with E-state index in [1.165, 1.54) is 12.0 Å². The molecule has 4 rings (SSSR count). The molecule has 0 bridgehead atoms. The quantitative estimate of drug-likeness (QED) is 0.325. The predicted molar refractivity (Wildman–Crippen MR) is 125 cm³/mol. The molecule has 1 atom stereocenters. The van der Waals surface area contributed by atoms with Crippen molar-refractivity contribution in [2.45, 2.75) is 19.5 Å². The summed E-state index contributed by atoms with van der Waals surface area (Å²) < 4.78 is 10.9. The van der Waals surface area contributed by atoms with E-state index in [2.05, 4.69) is 0 Å². The molecule has 0 saturated carbocycles. The van der Waals surface area contributed by atoms with Crippen molar-refractivity contribution in [3.05, 3.63) is 101 Å². The predicted octanol–water partition coefficient (Wildman–Crippen LogP) is 4.72. The molecule has 33 heavy (non-hydrogen) atoms. The number of methoxy groups -OCH3 is 1. The van der Waals surface area contributed by atoms with E-state index in [1.807, 2.05) is 61.5 Å². The number of carbonyl (C=O) groups excluding carboxylic acids is 2. The fourth-order valence-corrected chi connectivity index (χ4v) is 4.06. The Morgan fingerprint density at radius 1 is 0.939 bits per heavy atom. The van der Waals surface area contributed by atoms with Gasteiger partial charge in [-0.2, -0.15) is 0 Å². The number of Topliss-reactive ketones (excluding diaryl/α,β-unsaturated/α-hetero) is 1. The highest BCUT2D eigenvalue weighted by Crippen LogP contribution is 2.41. The molecule has 1 heterocycles. The van der Waals surface area contributed by atoms with Crippen molar-refractivity contribution in [1.29, 1.82) is 0 Å². The van der Waals surface area contributed by atoms with E-state index in [-0.39, 0.29) is 17.9 Å². The van der Waals surface area contributed by atoms with Crippen molar-refractivity contribution in [1.82, 2.24) is 4.90 Å². The van der Waals surface area contributed by atoms with Gasteiger partial charge in [0, 0.05) is 6.54 Å². The van der Waals surface area contributed by atoms with Gasteiger partial charge in [-0.15, -0.1) is 0 Å². The fourth-order valence-electron chi connectivity index (χ4n) is 4.06. The molecule has 0 spiro atoms. The highest BCUT2D eigenvalue weighted by atomic mass is 16.5. The zero-order valence-corrected chi connectivity index (χ0v) is 18.5. The van der Waals surface area contributed by atoms with Gasteiger partial charge in [0.25, 0.3) is 11.7 Å². The largest absolute Gasteiger partial charge is 0.507 e. The van der Waals surface area contributed by atoms with E-state index in [0.29, 0.717) is 17.9 Å². The summed E-state index contributed by atoms with van der Waals surface area (Å²) in [5.41, 5.74) is 1.99. The van der Waals surface area contributed by atoms with Crippen molar-refractivity contribution in [3.8, 4) is 11.5 Å². The topological polar surface area (TPSA) is 76.1 Å².